The molecule has 0 aliphatic heterocycles. The number of hydrogen-bond acceptors (Lipinski definition) is 3. The van der Waals surface area contributed by atoms with Crippen molar-refractivity contribution in [2.75, 3.05) is 6.54 Å². The van der Waals surface area contributed by atoms with E-state index in [4.69, 9.17) is 5.73 Å². The fourth-order valence-corrected chi connectivity index (χ4v) is 4.07. The summed E-state index contributed by atoms with van der Waals surface area (Å²) in [5.41, 5.74) is 6.08. The van der Waals surface area contributed by atoms with E-state index in [9.17, 15) is 12.8 Å². The topological polar surface area (TPSA) is 72.2 Å². The van der Waals surface area contributed by atoms with Gasteiger partial charge in [0.2, 0.25) is 10.0 Å². The molecule has 0 spiro atoms. The quantitative estimate of drug-likeness (QED) is 0.868. The highest BCUT2D eigenvalue weighted by atomic mass is 35.5. The van der Waals surface area contributed by atoms with Gasteiger partial charge in [0.1, 0.15) is 5.82 Å². The van der Waals surface area contributed by atoms with Gasteiger partial charge in [0, 0.05) is 6.04 Å². The molecular weight excluding hydrogens is 303 g/mol. The van der Waals surface area contributed by atoms with Crippen molar-refractivity contribution in [3.05, 3.63) is 35.6 Å². The second-order valence-corrected chi connectivity index (χ2v) is 6.79. The Balaban J connectivity index is 0.00000200. The van der Waals surface area contributed by atoms with Crippen LogP contribution in [-0.4, -0.2) is 21.0 Å². The summed E-state index contributed by atoms with van der Waals surface area (Å²) in [5.74, 6) is -0.408. The average Bonchev–Trinajstić information content (AvgIpc) is 2.74. The molecule has 1 aromatic rings. The number of nitrogens with two attached hydrogens (primary N) is 1. The first-order chi connectivity index (χ1) is 9.00. The lowest BCUT2D eigenvalue weighted by molar-refractivity contribution is 0.452. The van der Waals surface area contributed by atoms with Crippen LogP contribution in [0.4, 0.5) is 4.39 Å². The predicted molar refractivity (Wildman–Crippen MR) is 79.6 cm³/mol. The molecule has 1 saturated carbocycles. The molecule has 1 aliphatic carbocycles. The summed E-state index contributed by atoms with van der Waals surface area (Å²) in [7, 11) is -3.45. The molecule has 0 heterocycles. The smallest absolute Gasteiger partial charge is 0.216 e. The van der Waals surface area contributed by atoms with Crippen molar-refractivity contribution in [1.82, 2.24) is 4.72 Å². The zero-order chi connectivity index (χ0) is 13.9. The van der Waals surface area contributed by atoms with Crippen molar-refractivity contribution in [2.45, 2.75) is 31.1 Å². The van der Waals surface area contributed by atoms with E-state index in [1.807, 2.05) is 0 Å². The molecular formula is C13H20ClFN2O2S. The summed E-state index contributed by atoms with van der Waals surface area (Å²) in [6, 6.07) is 5.58. The van der Waals surface area contributed by atoms with E-state index in [0.29, 0.717) is 12.1 Å². The SMILES string of the molecule is Cl.NCC1CCCC1NS(=O)(=O)Cc1cccc(F)c1. The van der Waals surface area contributed by atoms with Crippen molar-refractivity contribution in [2.24, 2.45) is 11.7 Å². The van der Waals surface area contributed by atoms with Gasteiger partial charge in [-0.2, -0.15) is 0 Å². The Labute approximate surface area is 125 Å². The van der Waals surface area contributed by atoms with Crippen molar-refractivity contribution in [3.8, 4) is 0 Å². The van der Waals surface area contributed by atoms with Crippen molar-refractivity contribution < 1.29 is 12.8 Å². The van der Waals surface area contributed by atoms with E-state index in [-0.39, 0.29) is 30.1 Å². The standard InChI is InChI=1S/C13H19FN2O2S.ClH/c14-12-5-1-3-10(7-12)9-19(17,18)16-13-6-2-4-11(13)8-15;/h1,3,5,7,11,13,16H,2,4,6,8-9,15H2;1H. The molecule has 2 rings (SSSR count). The minimum atomic E-state index is -3.45. The zero-order valence-electron chi connectivity index (χ0n) is 11.1. The summed E-state index contributed by atoms with van der Waals surface area (Å²) in [6.07, 6.45) is 2.78. The predicted octanol–water partition coefficient (Wildman–Crippen LogP) is 1.79. The molecule has 20 heavy (non-hydrogen) atoms. The monoisotopic (exact) mass is 322 g/mol. The van der Waals surface area contributed by atoms with Gasteiger partial charge >= 0.3 is 0 Å². The van der Waals surface area contributed by atoms with Crippen molar-refractivity contribution in [3.63, 3.8) is 0 Å². The lowest BCUT2D eigenvalue weighted by Gasteiger charge is -2.19. The minimum absolute atomic E-state index is 0. The summed E-state index contributed by atoms with van der Waals surface area (Å²) in [6.45, 7) is 0.493. The van der Waals surface area contributed by atoms with Gasteiger partial charge in [-0.1, -0.05) is 18.6 Å². The molecule has 0 amide bonds. The molecule has 7 heteroatoms. The second-order valence-electron chi connectivity index (χ2n) is 5.04. The van der Waals surface area contributed by atoms with E-state index in [0.717, 1.165) is 19.3 Å². The molecule has 1 fully saturated rings. The molecule has 0 bridgehead atoms. The zero-order valence-corrected chi connectivity index (χ0v) is 12.7. The van der Waals surface area contributed by atoms with Crippen LogP contribution in [0.5, 0.6) is 0 Å². The van der Waals surface area contributed by atoms with Crippen LogP contribution in [0.25, 0.3) is 0 Å². The van der Waals surface area contributed by atoms with Gasteiger partial charge in [-0.15, -0.1) is 12.4 Å². The van der Waals surface area contributed by atoms with Gasteiger partial charge < -0.3 is 5.73 Å². The van der Waals surface area contributed by atoms with Gasteiger partial charge in [0.05, 0.1) is 5.75 Å². The van der Waals surface area contributed by atoms with E-state index in [2.05, 4.69) is 4.72 Å². The van der Waals surface area contributed by atoms with Crippen LogP contribution in [0.15, 0.2) is 24.3 Å². The van der Waals surface area contributed by atoms with Crippen LogP contribution in [0.1, 0.15) is 24.8 Å². The number of nitrogens with one attached hydrogen (secondary N) is 1. The Morgan fingerprint density at radius 1 is 1.35 bits per heavy atom. The highest BCUT2D eigenvalue weighted by Gasteiger charge is 2.29. The van der Waals surface area contributed by atoms with Crippen LogP contribution in [0.2, 0.25) is 0 Å². The molecule has 3 N–H and O–H groups in total. The highest BCUT2D eigenvalue weighted by Crippen LogP contribution is 2.25. The van der Waals surface area contributed by atoms with E-state index in [1.165, 1.54) is 18.2 Å². The van der Waals surface area contributed by atoms with Gasteiger partial charge in [0.15, 0.2) is 0 Å². The molecule has 0 aromatic heterocycles. The van der Waals surface area contributed by atoms with Crippen LogP contribution >= 0.6 is 12.4 Å². The normalized spacial score (nSPS) is 22.5. The Morgan fingerprint density at radius 3 is 2.75 bits per heavy atom. The highest BCUT2D eigenvalue weighted by molar-refractivity contribution is 7.88. The average molecular weight is 323 g/mol. The van der Waals surface area contributed by atoms with Gasteiger partial charge in [-0.05, 0) is 43.0 Å². The van der Waals surface area contributed by atoms with Gasteiger partial charge in [-0.3, -0.25) is 0 Å². The maximum Gasteiger partial charge on any atom is 0.216 e. The summed E-state index contributed by atoms with van der Waals surface area (Å²) in [5, 5.41) is 0. The molecule has 114 valence electrons. The Hall–Kier alpha value is -0.690. The molecule has 2 unspecified atom stereocenters. The van der Waals surface area contributed by atoms with E-state index < -0.39 is 15.8 Å². The number of benzene rings is 1. The number of halogens is 2. The number of hydrogen-bond donors (Lipinski definition) is 2. The first-order valence-electron chi connectivity index (χ1n) is 6.45. The number of sulfonamides is 1. The molecule has 0 radical (unpaired) electrons. The van der Waals surface area contributed by atoms with E-state index in [1.54, 1.807) is 6.07 Å². The third-order valence-corrected chi connectivity index (χ3v) is 4.91. The fraction of sp³-hybridized carbons (Fsp3) is 0.538. The third kappa shape index (κ3) is 4.70. The molecule has 0 saturated heterocycles. The summed E-state index contributed by atoms with van der Waals surface area (Å²) >= 11 is 0. The lowest BCUT2D eigenvalue weighted by atomic mass is 10.1. The Kier molecular flexibility index (Phi) is 6.39. The first-order valence-corrected chi connectivity index (χ1v) is 8.10. The Morgan fingerprint density at radius 2 is 2.10 bits per heavy atom. The summed E-state index contributed by atoms with van der Waals surface area (Å²) < 4.78 is 39.8. The Bertz CT molecular complexity index is 539. The largest absolute Gasteiger partial charge is 0.330 e. The minimum Gasteiger partial charge on any atom is -0.330 e. The first kappa shape index (κ1) is 17.4. The molecule has 4 nitrogen and oxygen atoms in total. The molecule has 1 aliphatic rings. The number of rotatable bonds is 5. The van der Waals surface area contributed by atoms with Crippen LogP contribution in [0, 0.1) is 11.7 Å². The molecule has 2 atom stereocenters. The maximum atomic E-state index is 13.0. The van der Waals surface area contributed by atoms with Gasteiger partial charge in [0.25, 0.3) is 0 Å². The third-order valence-electron chi connectivity index (χ3n) is 3.54. The van der Waals surface area contributed by atoms with Crippen LogP contribution in [-0.2, 0) is 15.8 Å². The summed E-state index contributed by atoms with van der Waals surface area (Å²) in [4.78, 5) is 0. The van der Waals surface area contributed by atoms with Gasteiger partial charge in [-0.25, -0.2) is 17.5 Å². The fourth-order valence-electron chi connectivity index (χ4n) is 2.59. The lowest BCUT2D eigenvalue weighted by Crippen LogP contribution is -2.40. The van der Waals surface area contributed by atoms with E-state index >= 15 is 0 Å². The van der Waals surface area contributed by atoms with Crippen molar-refractivity contribution >= 4 is 22.4 Å². The van der Waals surface area contributed by atoms with Crippen LogP contribution < -0.4 is 10.5 Å². The second kappa shape index (κ2) is 7.36. The molecule has 1 aromatic carbocycles. The van der Waals surface area contributed by atoms with Crippen LogP contribution in [0.3, 0.4) is 0 Å². The van der Waals surface area contributed by atoms with Crippen molar-refractivity contribution in [1.29, 1.82) is 0 Å². The maximum absolute atomic E-state index is 13.0.